The minimum Gasteiger partial charge on any atom is -0.327 e. The van der Waals surface area contributed by atoms with Gasteiger partial charge in [0.05, 0.1) is 0 Å². The van der Waals surface area contributed by atoms with Crippen LogP contribution in [0.2, 0.25) is 0 Å². The van der Waals surface area contributed by atoms with E-state index in [9.17, 15) is 9.18 Å². The number of hydrogen-bond donors (Lipinski definition) is 2. The predicted molar refractivity (Wildman–Crippen MR) is 69.6 cm³/mol. The summed E-state index contributed by atoms with van der Waals surface area (Å²) in [4.78, 5) is 11.8. The van der Waals surface area contributed by atoms with Crippen molar-refractivity contribution < 1.29 is 9.18 Å². The van der Waals surface area contributed by atoms with Gasteiger partial charge in [0.1, 0.15) is 5.82 Å². The molecule has 1 aromatic carbocycles. The SMILES string of the molecule is NC1CCCCC1CC(=O)Nc1cccc(F)c1. The number of hydrogen-bond acceptors (Lipinski definition) is 2. The van der Waals surface area contributed by atoms with E-state index in [-0.39, 0.29) is 23.7 Å². The molecule has 0 radical (unpaired) electrons. The summed E-state index contributed by atoms with van der Waals surface area (Å²) in [6.07, 6.45) is 4.74. The molecule has 0 heterocycles. The standard InChI is InChI=1S/C14H19FN2O/c15-11-5-3-6-12(9-11)17-14(18)8-10-4-1-2-7-13(10)16/h3,5-6,9-10,13H,1-2,4,7-8,16H2,(H,17,18). The molecule has 1 aliphatic rings. The van der Waals surface area contributed by atoms with Crippen molar-refractivity contribution in [3.05, 3.63) is 30.1 Å². The van der Waals surface area contributed by atoms with Crippen molar-refractivity contribution in [1.82, 2.24) is 0 Å². The Morgan fingerprint density at radius 2 is 2.17 bits per heavy atom. The van der Waals surface area contributed by atoms with Crippen molar-refractivity contribution in [2.75, 3.05) is 5.32 Å². The lowest BCUT2D eigenvalue weighted by molar-refractivity contribution is -0.117. The van der Waals surface area contributed by atoms with E-state index in [2.05, 4.69) is 5.32 Å². The van der Waals surface area contributed by atoms with Crippen LogP contribution in [0.5, 0.6) is 0 Å². The topological polar surface area (TPSA) is 55.1 Å². The van der Waals surface area contributed by atoms with E-state index in [4.69, 9.17) is 5.73 Å². The van der Waals surface area contributed by atoms with E-state index in [1.165, 1.54) is 12.1 Å². The van der Waals surface area contributed by atoms with E-state index in [1.807, 2.05) is 0 Å². The summed E-state index contributed by atoms with van der Waals surface area (Å²) in [7, 11) is 0. The van der Waals surface area contributed by atoms with Gasteiger partial charge in [0.2, 0.25) is 5.91 Å². The minimum atomic E-state index is -0.345. The van der Waals surface area contributed by atoms with Gasteiger partial charge in [0.15, 0.2) is 0 Å². The summed E-state index contributed by atoms with van der Waals surface area (Å²) in [5.41, 5.74) is 6.51. The van der Waals surface area contributed by atoms with Crippen LogP contribution in [0.3, 0.4) is 0 Å². The van der Waals surface area contributed by atoms with Crippen LogP contribution in [-0.4, -0.2) is 11.9 Å². The number of halogens is 1. The zero-order valence-corrected chi connectivity index (χ0v) is 10.4. The van der Waals surface area contributed by atoms with Gasteiger partial charge in [-0.25, -0.2) is 4.39 Å². The van der Waals surface area contributed by atoms with Gasteiger partial charge in [0, 0.05) is 18.2 Å². The molecule has 0 aromatic heterocycles. The number of carbonyl (C=O) groups excluding carboxylic acids is 1. The zero-order valence-electron chi connectivity index (χ0n) is 10.4. The van der Waals surface area contributed by atoms with Crippen LogP contribution in [0.25, 0.3) is 0 Å². The maximum absolute atomic E-state index is 13.0. The molecule has 2 rings (SSSR count). The molecule has 3 N–H and O–H groups in total. The van der Waals surface area contributed by atoms with Crippen molar-refractivity contribution >= 4 is 11.6 Å². The van der Waals surface area contributed by atoms with Gasteiger partial charge in [-0.3, -0.25) is 4.79 Å². The summed E-state index contributed by atoms with van der Waals surface area (Å²) in [5.74, 6) is -0.169. The summed E-state index contributed by atoms with van der Waals surface area (Å²) in [6.45, 7) is 0. The van der Waals surface area contributed by atoms with Crippen LogP contribution < -0.4 is 11.1 Å². The van der Waals surface area contributed by atoms with Gasteiger partial charge in [-0.15, -0.1) is 0 Å². The Bertz CT molecular complexity index is 422. The lowest BCUT2D eigenvalue weighted by atomic mass is 9.83. The molecule has 2 unspecified atom stereocenters. The molecule has 0 saturated heterocycles. The van der Waals surface area contributed by atoms with E-state index in [0.717, 1.165) is 25.7 Å². The molecule has 18 heavy (non-hydrogen) atoms. The predicted octanol–water partition coefficient (Wildman–Crippen LogP) is 2.67. The summed E-state index contributed by atoms with van der Waals surface area (Å²) in [6, 6.07) is 6.06. The molecule has 1 aliphatic carbocycles. The third-order valence-corrected chi connectivity index (χ3v) is 3.52. The Labute approximate surface area is 107 Å². The van der Waals surface area contributed by atoms with E-state index in [0.29, 0.717) is 12.1 Å². The number of anilines is 1. The molecule has 2 atom stereocenters. The Hall–Kier alpha value is -1.42. The Balaban J connectivity index is 1.88. The van der Waals surface area contributed by atoms with Crippen LogP contribution >= 0.6 is 0 Å². The molecule has 0 bridgehead atoms. The first-order chi connectivity index (χ1) is 8.65. The Morgan fingerprint density at radius 3 is 2.89 bits per heavy atom. The Kier molecular flexibility index (Phi) is 4.31. The highest BCUT2D eigenvalue weighted by atomic mass is 19.1. The summed E-state index contributed by atoms with van der Waals surface area (Å²) in [5, 5.41) is 2.72. The smallest absolute Gasteiger partial charge is 0.224 e. The fourth-order valence-corrected chi connectivity index (χ4v) is 2.51. The first-order valence-corrected chi connectivity index (χ1v) is 6.46. The van der Waals surface area contributed by atoms with Crippen LogP contribution in [0.15, 0.2) is 24.3 Å². The molecule has 4 heteroatoms. The molecule has 98 valence electrons. The molecular weight excluding hydrogens is 231 g/mol. The van der Waals surface area contributed by atoms with Gasteiger partial charge < -0.3 is 11.1 Å². The third kappa shape index (κ3) is 3.53. The quantitative estimate of drug-likeness (QED) is 0.866. The van der Waals surface area contributed by atoms with Crippen LogP contribution in [0.1, 0.15) is 32.1 Å². The van der Waals surface area contributed by atoms with E-state index >= 15 is 0 Å². The molecule has 3 nitrogen and oxygen atoms in total. The number of amides is 1. The molecule has 1 saturated carbocycles. The van der Waals surface area contributed by atoms with Crippen molar-refractivity contribution in [3.8, 4) is 0 Å². The molecule has 1 aromatic rings. The van der Waals surface area contributed by atoms with Gasteiger partial charge in [-0.2, -0.15) is 0 Å². The number of nitrogens with two attached hydrogens (primary N) is 1. The lowest BCUT2D eigenvalue weighted by Gasteiger charge is -2.27. The first-order valence-electron chi connectivity index (χ1n) is 6.46. The molecule has 0 aliphatic heterocycles. The fraction of sp³-hybridized carbons (Fsp3) is 0.500. The number of rotatable bonds is 3. The van der Waals surface area contributed by atoms with Crippen molar-refractivity contribution in [2.45, 2.75) is 38.1 Å². The first kappa shape index (κ1) is 13.0. The van der Waals surface area contributed by atoms with Crippen molar-refractivity contribution in [3.63, 3.8) is 0 Å². The zero-order chi connectivity index (χ0) is 13.0. The summed E-state index contributed by atoms with van der Waals surface area (Å²) < 4.78 is 13.0. The highest BCUT2D eigenvalue weighted by Gasteiger charge is 2.24. The normalized spacial score (nSPS) is 23.7. The largest absolute Gasteiger partial charge is 0.327 e. The summed E-state index contributed by atoms with van der Waals surface area (Å²) >= 11 is 0. The van der Waals surface area contributed by atoms with Crippen LogP contribution in [0.4, 0.5) is 10.1 Å². The van der Waals surface area contributed by atoms with E-state index in [1.54, 1.807) is 12.1 Å². The van der Waals surface area contributed by atoms with Gasteiger partial charge in [-0.05, 0) is 37.0 Å². The van der Waals surface area contributed by atoms with Crippen LogP contribution in [-0.2, 0) is 4.79 Å². The van der Waals surface area contributed by atoms with Crippen LogP contribution in [0, 0.1) is 11.7 Å². The van der Waals surface area contributed by atoms with E-state index < -0.39 is 0 Å². The second kappa shape index (κ2) is 5.96. The van der Waals surface area contributed by atoms with Crippen molar-refractivity contribution in [2.24, 2.45) is 11.7 Å². The average Bonchev–Trinajstić information content (AvgIpc) is 2.32. The molecular formula is C14H19FN2O. The average molecular weight is 250 g/mol. The maximum Gasteiger partial charge on any atom is 0.224 e. The number of carbonyl (C=O) groups is 1. The van der Waals surface area contributed by atoms with Gasteiger partial charge >= 0.3 is 0 Å². The minimum absolute atomic E-state index is 0.0806. The lowest BCUT2D eigenvalue weighted by Crippen LogP contribution is -2.35. The maximum atomic E-state index is 13.0. The van der Waals surface area contributed by atoms with Crippen molar-refractivity contribution in [1.29, 1.82) is 0 Å². The fourth-order valence-electron chi connectivity index (χ4n) is 2.51. The van der Waals surface area contributed by atoms with Gasteiger partial charge in [-0.1, -0.05) is 18.9 Å². The van der Waals surface area contributed by atoms with Gasteiger partial charge in [0.25, 0.3) is 0 Å². The second-order valence-electron chi connectivity index (χ2n) is 4.97. The number of nitrogens with one attached hydrogen (secondary N) is 1. The molecule has 1 amide bonds. The highest BCUT2D eigenvalue weighted by molar-refractivity contribution is 5.90. The Morgan fingerprint density at radius 1 is 1.39 bits per heavy atom. The number of benzene rings is 1. The second-order valence-corrected chi connectivity index (χ2v) is 4.97. The molecule has 1 fully saturated rings. The molecule has 0 spiro atoms. The third-order valence-electron chi connectivity index (χ3n) is 3.52. The highest BCUT2D eigenvalue weighted by Crippen LogP contribution is 2.26. The monoisotopic (exact) mass is 250 g/mol.